The molecule has 1 aliphatic rings. The lowest BCUT2D eigenvalue weighted by molar-refractivity contribution is -0.148. The zero-order valence-corrected chi connectivity index (χ0v) is 29.9. The molecule has 3 atom stereocenters. The maximum atomic E-state index is 12.7. The second-order valence-electron chi connectivity index (χ2n) is 14.3. The summed E-state index contributed by atoms with van der Waals surface area (Å²) in [5.41, 5.74) is 3.79. The van der Waals surface area contributed by atoms with Gasteiger partial charge in [-0.2, -0.15) is 0 Å². The molecule has 0 aromatic heterocycles. The van der Waals surface area contributed by atoms with Crippen molar-refractivity contribution in [3.05, 3.63) is 22.3 Å². The molecule has 3 unspecified atom stereocenters. The fraction of sp³-hybridized carbons (Fsp3) is 0.789. The Morgan fingerprint density at radius 3 is 2.07 bits per heavy atom. The van der Waals surface area contributed by atoms with Gasteiger partial charge in [-0.25, -0.2) is 0 Å². The van der Waals surface area contributed by atoms with Crippen LogP contribution in [0.25, 0.3) is 0 Å². The van der Waals surface area contributed by atoms with E-state index in [1.807, 2.05) is 20.8 Å². The van der Waals surface area contributed by atoms with Crippen LogP contribution in [0, 0.1) is 38.5 Å². The minimum atomic E-state index is -0.461. The van der Waals surface area contributed by atoms with E-state index >= 15 is 0 Å². The van der Waals surface area contributed by atoms with Crippen LogP contribution in [0.2, 0.25) is 0 Å². The Morgan fingerprint density at radius 1 is 0.800 bits per heavy atom. The van der Waals surface area contributed by atoms with E-state index in [1.165, 1.54) is 51.4 Å². The van der Waals surface area contributed by atoms with Gasteiger partial charge in [0, 0.05) is 18.8 Å². The number of benzene rings is 1. The lowest BCUT2D eigenvalue weighted by atomic mass is 9.83. The summed E-state index contributed by atoms with van der Waals surface area (Å²) >= 11 is 0. The summed E-state index contributed by atoms with van der Waals surface area (Å²) in [5.74, 6) is 3.02. The topological polar surface area (TPSA) is 91.3 Å². The molecule has 0 saturated heterocycles. The zero-order chi connectivity index (χ0) is 33.4. The number of ether oxygens (including phenoxy) is 4. The van der Waals surface area contributed by atoms with Gasteiger partial charge >= 0.3 is 11.9 Å². The van der Waals surface area contributed by atoms with Crippen LogP contribution in [0.5, 0.6) is 11.5 Å². The summed E-state index contributed by atoms with van der Waals surface area (Å²) in [6.45, 7) is 18.6. The molecule has 0 radical (unpaired) electrons. The molecule has 258 valence electrons. The summed E-state index contributed by atoms with van der Waals surface area (Å²) < 4.78 is 22.9. The molecule has 1 N–H and O–H groups in total. The molecule has 45 heavy (non-hydrogen) atoms. The predicted octanol–water partition coefficient (Wildman–Crippen LogP) is 8.76. The van der Waals surface area contributed by atoms with Crippen LogP contribution in [0.1, 0.15) is 140 Å². The van der Waals surface area contributed by atoms with Crippen molar-refractivity contribution in [3.8, 4) is 11.5 Å². The largest absolute Gasteiger partial charge is 0.487 e. The monoisotopic (exact) mass is 632 g/mol. The van der Waals surface area contributed by atoms with E-state index in [9.17, 15) is 9.59 Å². The molecule has 0 aliphatic carbocycles. The first-order valence-corrected chi connectivity index (χ1v) is 17.7. The zero-order valence-electron chi connectivity index (χ0n) is 29.9. The van der Waals surface area contributed by atoms with Crippen LogP contribution in [-0.2, 0) is 25.5 Å². The predicted molar refractivity (Wildman–Crippen MR) is 181 cm³/mol. The highest BCUT2D eigenvalue weighted by Gasteiger charge is 2.35. The normalized spacial score (nSPS) is 17.5. The van der Waals surface area contributed by atoms with Gasteiger partial charge in [0.1, 0.15) is 23.7 Å². The van der Waals surface area contributed by atoms with Crippen molar-refractivity contribution in [2.45, 2.75) is 151 Å². The molecule has 1 aromatic rings. The quantitative estimate of drug-likeness (QED) is 0.0776. The van der Waals surface area contributed by atoms with Crippen LogP contribution in [0.4, 0.5) is 0 Å². The Kier molecular flexibility index (Phi) is 17.5. The van der Waals surface area contributed by atoms with Crippen LogP contribution < -0.4 is 9.47 Å². The highest BCUT2D eigenvalue weighted by Crippen LogP contribution is 2.45. The van der Waals surface area contributed by atoms with Crippen molar-refractivity contribution in [1.82, 2.24) is 0 Å². The number of aliphatic hydroxyl groups excluding tert-OH is 1. The van der Waals surface area contributed by atoms with Crippen molar-refractivity contribution in [1.29, 1.82) is 0 Å². The molecule has 0 saturated carbocycles. The Balaban J connectivity index is 1.81. The summed E-state index contributed by atoms with van der Waals surface area (Å²) in [7, 11) is 0. The van der Waals surface area contributed by atoms with Crippen molar-refractivity contribution in [2.24, 2.45) is 17.8 Å². The van der Waals surface area contributed by atoms with Gasteiger partial charge in [0.2, 0.25) is 0 Å². The molecule has 1 heterocycles. The third-order valence-corrected chi connectivity index (χ3v) is 9.52. The maximum absolute atomic E-state index is 12.7. The summed E-state index contributed by atoms with van der Waals surface area (Å²) in [4.78, 5) is 24.7. The molecule has 0 amide bonds. The Labute approximate surface area is 274 Å². The number of esters is 2. The number of rotatable bonds is 22. The van der Waals surface area contributed by atoms with E-state index in [-0.39, 0.29) is 38.3 Å². The lowest BCUT2D eigenvalue weighted by Crippen LogP contribution is -2.37. The van der Waals surface area contributed by atoms with E-state index in [0.29, 0.717) is 18.8 Å². The molecule has 1 aliphatic heterocycles. The summed E-state index contributed by atoms with van der Waals surface area (Å²) in [6, 6.07) is 0. The highest BCUT2D eigenvalue weighted by atomic mass is 16.6. The number of aliphatic hydroxyl groups is 1. The van der Waals surface area contributed by atoms with Crippen molar-refractivity contribution in [3.63, 3.8) is 0 Å². The molecule has 1 aromatic carbocycles. The second-order valence-corrected chi connectivity index (χ2v) is 14.3. The molecule has 0 fully saturated rings. The van der Waals surface area contributed by atoms with Crippen molar-refractivity contribution in [2.75, 3.05) is 26.4 Å². The van der Waals surface area contributed by atoms with Crippen LogP contribution in [0.15, 0.2) is 0 Å². The number of hydrogen-bond acceptors (Lipinski definition) is 7. The van der Waals surface area contributed by atoms with Crippen molar-refractivity contribution < 1.29 is 33.6 Å². The number of carbonyl (C=O) groups is 2. The smallest absolute Gasteiger partial charge is 0.311 e. The maximum Gasteiger partial charge on any atom is 0.311 e. The molecule has 0 spiro atoms. The molecule has 7 nitrogen and oxygen atoms in total. The number of fused-ring (bicyclic) bond motifs is 1. The number of hydrogen-bond donors (Lipinski definition) is 1. The lowest BCUT2D eigenvalue weighted by Gasteiger charge is -2.38. The van der Waals surface area contributed by atoms with Crippen LogP contribution in [-0.4, -0.2) is 49.1 Å². The minimum absolute atomic E-state index is 0.0465. The van der Waals surface area contributed by atoms with Gasteiger partial charge in [-0.05, 0) is 94.2 Å². The van der Waals surface area contributed by atoms with E-state index in [4.69, 9.17) is 24.1 Å². The standard InChI is InChI=1S/C38H64O7/c1-27(2)13-9-14-28(3)15-10-16-29(4)17-11-21-38(8)22-20-33-32(7)36(30(5)31(6)37(33)45-38)44-35(41)19-18-34(40)43-26-25-42-24-12-23-39/h27-29,39H,9-26H2,1-8H3. The SMILES string of the molecule is Cc1c(C)c2c(c(C)c1OC(=O)CCC(=O)OCCOCCCO)CCC(C)(CCCC(C)CCCC(C)CCCC(C)C)O2. The fourth-order valence-electron chi connectivity index (χ4n) is 6.34. The van der Waals surface area contributed by atoms with Gasteiger partial charge in [0.25, 0.3) is 0 Å². The van der Waals surface area contributed by atoms with Gasteiger partial charge < -0.3 is 24.1 Å². The minimum Gasteiger partial charge on any atom is -0.487 e. The Morgan fingerprint density at radius 2 is 1.42 bits per heavy atom. The first-order valence-electron chi connectivity index (χ1n) is 17.7. The average Bonchev–Trinajstić information content (AvgIpc) is 2.98. The van der Waals surface area contributed by atoms with Crippen LogP contribution in [0.3, 0.4) is 0 Å². The molecule has 0 bridgehead atoms. The number of carbonyl (C=O) groups excluding carboxylic acids is 2. The first-order chi connectivity index (χ1) is 21.4. The molecule has 7 heteroatoms. The van der Waals surface area contributed by atoms with Crippen LogP contribution >= 0.6 is 0 Å². The first kappa shape index (κ1) is 39.1. The van der Waals surface area contributed by atoms with Gasteiger partial charge in [-0.1, -0.05) is 72.6 Å². The average molecular weight is 633 g/mol. The van der Waals surface area contributed by atoms with E-state index in [2.05, 4.69) is 34.6 Å². The highest BCUT2D eigenvalue weighted by molar-refractivity contribution is 5.80. The summed E-state index contributed by atoms with van der Waals surface area (Å²) in [5, 5.41) is 8.75. The van der Waals surface area contributed by atoms with E-state index in [0.717, 1.165) is 65.0 Å². The van der Waals surface area contributed by atoms with E-state index in [1.54, 1.807) is 0 Å². The Hall–Kier alpha value is -2.12. The summed E-state index contributed by atoms with van der Waals surface area (Å²) in [6.07, 6.45) is 13.8. The van der Waals surface area contributed by atoms with Gasteiger partial charge in [-0.15, -0.1) is 0 Å². The van der Waals surface area contributed by atoms with Gasteiger partial charge in [0.15, 0.2) is 0 Å². The van der Waals surface area contributed by atoms with Crippen molar-refractivity contribution >= 4 is 11.9 Å². The molecular weight excluding hydrogens is 568 g/mol. The van der Waals surface area contributed by atoms with E-state index < -0.39 is 11.9 Å². The third kappa shape index (κ3) is 14.0. The molecular formula is C38H64O7. The second kappa shape index (κ2) is 20.2. The van der Waals surface area contributed by atoms with Gasteiger partial charge in [-0.3, -0.25) is 9.59 Å². The fourth-order valence-corrected chi connectivity index (χ4v) is 6.34. The third-order valence-electron chi connectivity index (χ3n) is 9.52. The molecule has 2 rings (SSSR count). The van der Waals surface area contributed by atoms with Gasteiger partial charge in [0.05, 0.1) is 19.4 Å². The Bertz CT molecular complexity index is 1050.